The second kappa shape index (κ2) is 5.53. The van der Waals surface area contributed by atoms with Crippen molar-refractivity contribution in [2.24, 2.45) is 0 Å². The Labute approximate surface area is 141 Å². The molecule has 1 saturated heterocycles. The Bertz CT molecular complexity index is 777. The Hall–Kier alpha value is -2.53. The summed E-state index contributed by atoms with van der Waals surface area (Å²) in [5.41, 5.74) is 3.13. The lowest BCUT2D eigenvalue weighted by Gasteiger charge is -2.27. The summed E-state index contributed by atoms with van der Waals surface area (Å²) in [6, 6.07) is 15.1. The van der Waals surface area contributed by atoms with Crippen LogP contribution in [-0.4, -0.2) is 30.8 Å². The van der Waals surface area contributed by atoms with Gasteiger partial charge in [-0.15, -0.1) is 0 Å². The molecule has 2 aromatic carbocycles. The number of hydrogen-bond donors (Lipinski definition) is 2. The van der Waals surface area contributed by atoms with Gasteiger partial charge in [0.25, 0.3) is 0 Å². The third-order valence-electron chi connectivity index (χ3n) is 5.16. The van der Waals surface area contributed by atoms with Crippen molar-refractivity contribution in [1.82, 2.24) is 4.90 Å². The molecule has 0 aliphatic carbocycles. The molecule has 124 valence electrons. The third-order valence-corrected chi connectivity index (χ3v) is 5.16. The Morgan fingerprint density at radius 1 is 1.29 bits per heavy atom. The molecule has 2 aromatic rings. The molecule has 0 aromatic heterocycles. The number of ether oxygens (including phenoxy) is 1. The van der Waals surface area contributed by atoms with Crippen LogP contribution in [0.2, 0.25) is 0 Å². The summed E-state index contributed by atoms with van der Waals surface area (Å²) in [6.45, 7) is 3.33. The number of amides is 1. The molecule has 1 amide bonds. The van der Waals surface area contributed by atoms with E-state index in [9.17, 15) is 4.79 Å². The monoisotopic (exact) mass is 323 g/mol. The number of carbonyl (C=O) groups excluding carboxylic acids is 1. The SMILES string of the molecule is CN1CC[C@@]2(C)c3cc(OC(=O)Nc4ccccc4)ccc3N[C@@H]12. The number of fused-ring (bicyclic) bond motifs is 3. The Balaban J connectivity index is 1.53. The number of carbonyl (C=O) groups is 1. The highest BCUT2D eigenvalue weighted by Gasteiger charge is 2.49. The van der Waals surface area contributed by atoms with E-state index in [4.69, 9.17) is 4.74 Å². The van der Waals surface area contributed by atoms with Crippen LogP contribution in [0.15, 0.2) is 48.5 Å². The number of nitrogens with one attached hydrogen (secondary N) is 2. The van der Waals surface area contributed by atoms with Crippen LogP contribution in [0.4, 0.5) is 16.2 Å². The molecule has 4 rings (SSSR count). The molecule has 0 bridgehead atoms. The largest absolute Gasteiger partial charge is 0.417 e. The van der Waals surface area contributed by atoms with E-state index in [1.54, 1.807) is 0 Å². The number of benzene rings is 2. The van der Waals surface area contributed by atoms with Crippen molar-refractivity contribution < 1.29 is 9.53 Å². The van der Waals surface area contributed by atoms with Gasteiger partial charge in [-0.2, -0.15) is 0 Å². The van der Waals surface area contributed by atoms with Crippen LogP contribution in [0.5, 0.6) is 5.75 Å². The Morgan fingerprint density at radius 2 is 2.08 bits per heavy atom. The molecule has 5 nitrogen and oxygen atoms in total. The van der Waals surface area contributed by atoms with Gasteiger partial charge < -0.3 is 10.1 Å². The fourth-order valence-electron chi connectivity index (χ4n) is 3.82. The average molecular weight is 323 g/mol. The minimum atomic E-state index is -0.475. The highest BCUT2D eigenvalue weighted by Crippen LogP contribution is 2.48. The van der Waals surface area contributed by atoms with Gasteiger partial charge in [0.15, 0.2) is 0 Å². The zero-order chi connectivity index (χ0) is 16.7. The number of para-hydroxylation sites is 1. The van der Waals surface area contributed by atoms with E-state index in [0.29, 0.717) is 11.9 Å². The summed E-state index contributed by atoms with van der Waals surface area (Å²) < 4.78 is 5.47. The molecule has 2 atom stereocenters. The van der Waals surface area contributed by atoms with Gasteiger partial charge in [0.05, 0.1) is 6.17 Å². The fraction of sp³-hybridized carbons (Fsp3) is 0.316. The molecule has 0 saturated carbocycles. The summed E-state index contributed by atoms with van der Waals surface area (Å²) in [5.74, 6) is 0.570. The van der Waals surface area contributed by atoms with Gasteiger partial charge in [0, 0.05) is 23.3 Å². The minimum Gasteiger partial charge on any atom is -0.410 e. The van der Waals surface area contributed by atoms with Crippen LogP contribution in [0.3, 0.4) is 0 Å². The Morgan fingerprint density at radius 3 is 2.88 bits per heavy atom. The van der Waals surface area contributed by atoms with Crippen LogP contribution in [0.25, 0.3) is 0 Å². The van der Waals surface area contributed by atoms with Gasteiger partial charge in [0.2, 0.25) is 0 Å². The number of hydrogen-bond acceptors (Lipinski definition) is 4. The zero-order valence-electron chi connectivity index (χ0n) is 13.9. The lowest BCUT2D eigenvalue weighted by atomic mass is 9.81. The quantitative estimate of drug-likeness (QED) is 0.886. The van der Waals surface area contributed by atoms with Crippen LogP contribution in [0.1, 0.15) is 18.9 Å². The number of likely N-dealkylation sites (tertiary alicyclic amines) is 1. The van der Waals surface area contributed by atoms with Crippen LogP contribution < -0.4 is 15.4 Å². The molecule has 2 aliphatic heterocycles. The summed E-state index contributed by atoms with van der Waals surface area (Å²) in [4.78, 5) is 14.4. The normalized spacial score (nSPS) is 24.8. The molecule has 0 unspecified atom stereocenters. The highest BCUT2D eigenvalue weighted by molar-refractivity contribution is 5.86. The zero-order valence-corrected chi connectivity index (χ0v) is 13.9. The molecular weight excluding hydrogens is 302 g/mol. The fourth-order valence-corrected chi connectivity index (χ4v) is 3.82. The lowest BCUT2D eigenvalue weighted by Crippen LogP contribution is -2.39. The van der Waals surface area contributed by atoms with Gasteiger partial charge in [-0.3, -0.25) is 10.2 Å². The molecule has 0 spiro atoms. The lowest BCUT2D eigenvalue weighted by molar-refractivity contribution is 0.215. The van der Waals surface area contributed by atoms with Gasteiger partial charge in [-0.1, -0.05) is 25.1 Å². The predicted molar refractivity (Wildman–Crippen MR) is 94.5 cm³/mol. The van der Waals surface area contributed by atoms with E-state index in [2.05, 4.69) is 29.5 Å². The summed E-state index contributed by atoms with van der Waals surface area (Å²) in [6.07, 6.45) is 0.923. The first kappa shape index (κ1) is 15.0. The van der Waals surface area contributed by atoms with Crippen molar-refractivity contribution in [2.75, 3.05) is 24.2 Å². The van der Waals surface area contributed by atoms with Gasteiger partial charge in [-0.25, -0.2) is 4.79 Å². The first-order valence-corrected chi connectivity index (χ1v) is 8.21. The topological polar surface area (TPSA) is 53.6 Å². The molecule has 2 heterocycles. The highest BCUT2D eigenvalue weighted by atomic mass is 16.6. The summed E-state index contributed by atoms with van der Waals surface area (Å²) >= 11 is 0. The number of rotatable bonds is 2. The summed E-state index contributed by atoms with van der Waals surface area (Å²) in [5, 5.41) is 6.31. The van der Waals surface area contributed by atoms with Crippen LogP contribution >= 0.6 is 0 Å². The molecule has 2 aliphatic rings. The van der Waals surface area contributed by atoms with E-state index in [-0.39, 0.29) is 5.41 Å². The first-order chi connectivity index (χ1) is 11.6. The molecule has 24 heavy (non-hydrogen) atoms. The van der Waals surface area contributed by atoms with Crippen molar-refractivity contribution in [3.63, 3.8) is 0 Å². The van der Waals surface area contributed by atoms with Gasteiger partial charge in [-0.05, 0) is 49.4 Å². The maximum absolute atomic E-state index is 12.1. The second-order valence-electron chi connectivity index (χ2n) is 6.78. The van der Waals surface area contributed by atoms with E-state index >= 15 is 0 Å². The number of nitrogens with zero attached hydrogens (tertiary/aromatic N) is 1. The maximum atomic E-state index is 12.1. The number of anilines is 2. The first-order valence-electron chi connectivity index (χ1n) is 8.21. The predicted octanol–water partition coefficient (Wildman–Crippen LogP) is 3.64. The third kappa shape index (κ3) is 2.41. The molecule has 5 heteroatoms. The maximum Gasteiger partial charge on any atom is 0.417 e. The van der Waals surface area contributed by atoms with Crippen LogP contribution in [-0.2, 0) is 5.41 Å². The van der Waals surface area contributed by atoms with Crippen molar-refractivity contribution in [3.05, 3.63) is 54.1 Å². The van der Waals surface area contributed by atoms with E-state index in [1.165, 1.54) is 5.56 Å². The van der Waals surface area contributed by atoms with Gasteiger partial charge >= 0.3 is 6.09 Å². The standard InChI is InChI=1S/C19H21N3O2/c1-19-10-11-22(2)17(19)21-16-9-8-14(12-15(16)19)24-18(23)20-13-6-4-3-5-7-13/h3-9,12,17,21H,10-11H2,1-2H3,(H,20,23)/t17-,19-/m0/s1. The molecule has 1 fully saturated rings. The molecule has 2 N–H and O–H groups in total. The summed E-state index contributed by atoms with van der Waals surface area (Å²) in [7, 11) is 2.14. The number of likely N-dealkylation sites (N-methyl/N-ethyl adjacent to an activating group) is 1. The van der Waals surface area contributed by atoms with Crippen LogP contribution in [0, 0.1) is 0 Å². The second-order valence-corrected chi connectivity index (χ2v) is 6.78. The van der Waals surface area contributed by atoms with E-state index in [0.717, 1.165) is 24.3 Å². The van der Waals surface area contributed by atoms with Gasteiger partial charge in [0.1, 0.15) is 5.75 Å². The minimum absolute atomic E-state index is 0.0549. The molecular formula is C19H21N3O2. The van der Waals surface area contributed by atoms with E-state index in [1.807, 2.05) is 48.5 Å². The van der Waals surface area contributed by atoms with Crippen molar-refractivity contribution in [2.45, 2.75) is 24.9 Å². The van der Waals surface area contributed by atoms with Crippen molar-refractivity contribution in [3.8, 4) is 5.75 Å². The van der Waals surface area contributed by atoms with E-state index < -0.39 is 6.09 Å². The smallest absolute Gasteiger partial charge is 0.410 e. The average Bonchev–Trinajstić information content (AvgIpc) is 3.02. The van der Waals surface area contributed by atoms with Crippen molar-refractivity contribution >= 4 is 17.5 Å². The Kier molecular flexibility index (Phi) is 3.46. The molecule has 0 radical (unpaired) electrons. The van der Waals surface area contributed by atoms with Crippen molar-refractivity contribution in [1.29, 1.82) is 0 Å².